The van der Waals surface area contributed by atoms with Gasteiger partial charge in [-0.3, -0.25) is 9.59 Å². The van der Waals surface area contributed by atoms with Crippen LogP contribution in [0.25, 0.3) is 11.5 Å². The normalized spacial score (nSPS) is 10.5. The predicted octanol–water partition coefficient (Wildman–Crippen LogP) is 1.31. The molecular formula is C16H14N4O3. The van der Waals surface area contributed by atoms with Gasteiger partial charge in [-0.1, -0.05) is 23.4 Å². The highest BCUT2D eigenvalue weighted by atomic mass is 16.5. The summed E-state index contributed by atoms with van der Waals surface area (Å²) in [5, 5.41) is 6.39. The van der Waals surface area contributed by atoms with Gasteiger partial charge < -0.3 is 14.4 Å². The molecule has 0 fully saturated rings. The minimum atomic E-state index is -0.267. The molecule has 0 saturated heterocycles. The number of carbonyl (C=O) groups excluding carboxylic acids is 1. The maximum atomic E-state index is 11.9. The first-order chi connectivity index (χ1) is 11.2. The van der Waals surface area contributed by atoms with Crippen LogP contribution in [0, 0.1) is 0 Å². The lowest BCUT2D eigenvalue weighted by molar-refractivity contribution is 0.0962. The van der Waals surface area contributed by atoms with E-state index in [4.69, 9.17) is 4.52 Å². The summed E-state index contributed by atoms with van der Waals surface area (Å²) in [5.41, 5.74) is 0.945. The zero-order valence-electron chi connectivity index (χ0n) is 12.4. The van der Waals surface area contributed by atoms with Crippen molar-refractivity contribution in [1.29, 1.82) is 0 Å². The molecule has 7 nitrogen and oxygen atoms in total. The van der Waals surface area contributed by atoms with E-state index in [1.807, 2.05) is 30.3 Å². The van der Waals surface area contributed by atoms with Crippen LogP contribution in [-0.2, 0) is 6.54 Å². The van der Waals surface area contributed by atoms with Crippen molar-refractivity contribution in [3.8, 4) is 11.5 Å². The van der Waals surface area contributed by atoms with Crippen molar-refractivity contribution in [3.63, 3.8) is 0 Å². The van der Waals surface area contributed by atoms with E-state index in [0.29, 0.717) is 17.3 Å². The number of aromatic nitrogens is 3. The third kappa shape index (κ3) is 3.18. The Morgan fingerprint density at radius 1 is 1.22 bits per heavy atom. The van der Waals surface area contributed by atoms with Crippen LogP contribution in [0.1, 0.15) is 16.2 Å². The fourth-order valence-corrected chi connectivity index (χ4v) is 2.10. The molecule has 0 atom stereocenters. The van der Waals surface area contributed by atoms with Gasteiger partial charge in [0.1, 0.15) is 0 Å². The van der Waals surface area contributed by atoms with Crippen LogP contribution in [0.3, 0.4) is 0 Å². The number of pyridine rings is 1. The van der Waals surface area contributed by atoms with E-state index in [0.717, 1.165) is 5.56 Å². The molecule has 116 valence electrons. The van der Waals surface area contributed by atoms with E-state index in [1.165, 1.54) is 29.9 Å². The fourth-order valence-electron chi connectivity index (χ4n) is 2.10. The van der Waals surface area contributed by atoms with Crippen LogP contribution in [0.5, 0.6) is 0 Å². The number of hydrogen-bond donors (Lipinski definition) is 1. The van der Waals surface area contributed by atoms with Crippen molar-refractivity contribution in [2.24, 2.45) is 0 Å². The SMILES string of the molecule is CNC(=O)c1ccc(=O)n(Cc2noc(-c3ccccc3)n2)c1. The van der Waals surface area contributed by atoms with E-state index in [1.54, 1.807) is 0 Å². The van der Waals surface area contributed by atoms with Gasteiger partial charge in [-0.25, -0.2) is 0 Å². The monoisotopic (exact) mass is 310 g/mol. The number of nitrogens with zero attached hydrogens (tertiary/aromatic N) is 3. The molecule has 0 unspecified atom stereocenters. The topological polar surface area (TPSA) is 90.0 Å². The standard InChI is InChI=1S/C16H14N4O3/c1-17-15(22)12-7-8-14(21)20(9-12)10-13-18-16(23-19-13)11-5-3-2-4-6-11/h2-9H,10H2,1H3,(H,17,22). The number of rotatable bonds is 4. The Morgan fingerprint density at radius 3 is 2.74 bits per heavy atom. The van der Waals surface area contributed by atoms with Gasteiger partial charge in [-0.2, -0.15) is 4.98 Å². The molecular weight excluding hydrogens is 296 g/mol. The van der Waals surface area contributed by atoms with Gasteiger partial charge in [0.25, 0.3) is 17.4 Å². The first-order valence-corrected chi connectivity index (χ1v) is 6.98. The van der Waals surface area contributed by atoms with Gasteiger partial charge in [-0.15, -0.1) is 0 Å². The Bertz CT molecular complexity index is 884. The number of hydrogen-bond acceptors (Lipinski definition) is 5. The average Bonchev–Trinajstić information content (AvgIpc) is 3.05. The molecule has 0 aliphatic carbocycles. The highest BCUT2D eigenvalue weighted by Gasteiger charge is 2.11. The maximum Gasteiger partial charge on any atom is 0.257 e. The van der Waals surface area contributed by atoms with Crippen molar-refractivity contribution in [2.45, 2.75) is 6.54 Å². The van der Waals surface area contributed by atoms with Crippen molar-refractivity contribution >= 4 is 5.91 Å². The second kappa shape index (κ2) is 6.27. The van der Waals surface area contributed by atoms with Crippen molar-refractivity contribution in [1.82, 2.24) is 20.0 Å². The average molecular weight is 310 g/mol. The van der Waals surface area contributed by atoms with Crippen LogP contribution in [-0.4, -0.2) is 27.7 Å². The molecule has 0 aliphatic rings. The van der Waals surface area contributed by atoms with Crippen LogP contribution in [0.4, 0.5) is 0 Å². The van der Waals surface area contributed by atoms with E-state index in [-0.39, 0.29) is 18.0 Å². The molecule has 1 aromatic carbocycles. The lowest BCUT2D eigenvalue weighted by Crippen LogP contribution is -2.24. The van der Waals surface area contributed by atoms with Gasteiger partial charge in [0.15, 0.2) is 5.82 Å². The van der Waals surface area contributed by atoms with Crippen molar-refractivity contribution in [3.05, 3.63) is 70.4 Å². The molecule has 1 N–H and O–H groups in total. The summed E-state index contributed by atoms with van der Waals surface area (Å²) in [4.78, 5) is 27.8. The summed E-state index contributed by atoms with van der Waals surface area (Å²) in [7, 11) is 1.53. The lowest BCUT2D eigenvalue weighted by Gasteiger charge is -2.04. The Morgan fingerprint density at radius 2 is 2.00 bits per heavy atom. The van der Waals surface area contributed by atoms with Crippen LogP contribution in [0.15, 0.2) is 58.0 Å². The minimum absolute atomic E-state index is 0.125. The highest BCUT2D eigenvalue weighted by molar-refractivity contribution is 5.93. The molecule has 0 radical (unpaired) electrons. The Hall–Kier alpha value is -3.22. The summed E-state index contributed by atoms with van der Waals surface area (Å²) in [5.74, 6) is 0.480. The van der Waals surface area contributed by atoms with E-state index in [9.17, 15) is 9.59 Å². The summed E-state index contributed by atoms with van der Waals surface area (Å²) in [6.07, 6.45) is 1.47. The maximum absolute atomic E-state index is 11.9. The number of amides is 1. The molecule has 0 saturated carbocycles. The quantitative estimate of drug-likeness (QED) is 0.784. The van der Waals surface area contributed by atoms with Crippen LogP contribution < -0.4 is 10.9 Å². The molecule has 23 heavy (non-hydrogen) atoms. The number of carbonyl (C=O) groups is 1. The molecule has 3 aromatic rings. The number of nitrogens with one attached hydrogen (secondary N) is 1. The highest BCUT2D eigenvalue weighted by Crippen LogP contribution is 2.16. The third-order valence-corrected chi connectivity index (χ3v) is 3.27. The molecule has 2 aromatic heterocycles. The summed E-state index contributed by atoms with van der Waals surface area (Å²) < 4.78 is 6.57. The molecule has 0 bridgehead atoms. The van der Waals surface area contributed by atoms with Gasteiger partial charge in [0.2, 0.25) is 0 Å². The second-order valence-corrected chi connectivity index (χ2v) is 4.84. The molecule has 0 spiro atoms. The molecule has 2 heterocycles. The largest absolute Gasteiger partial charge is 0.355 e. The lowest BCUT2D eigenvalue weighted by atomic mass is 10.2. The second-order valence-electron chi connectivity index (χ2n) is 4.84. The predicted molar refractivity (Wildman–Crippen MR) is 82.9 cm³/mol. The Kier molecular flexibility index (Phi) is 4.01. The molecule has 7 heteroatoms. The van der Waals surface area contributed by atoms with E-state index < -0.39 is 0 Å². The van der Waals surface area contributed by atoms with Gasteiger partial charge in [0.05, 0.1) is 12.1 Å². The zero-order chi connectivity index (χ0) is 16.2. The van der Waals surface area contributed by atoms with Gasteiger partial charge in [0, 0.05) is 24.9 Å². The van der Waals surface area contributed by atoms with E-state index in [2.05, 4.69) is 15.5 Å². The summed E-state index contributed by atoms with van der Waals surface area (Å²) in [6, 6.07) is 12.2. The van der Waals surface area contributed by atoms with Gasteiger partial charge in [-0.05, 0) is 18.2 Å². The van der Waals surface area contributed by atoms with Crippen molar-refractivity contribution < 1.29 is 9.32 Å². The van der Waals surface area contributed by atoms with Crippen LogP contribution in [0.2, 0.25) is 0 Å². The first-order valence-electron chi connectivity index (χ1n) is 6.98. The molecule has 3 rings (SSSR count). The molecule has 0 aliphatic heterocycles. The van der Waals surface area contributed by atoms with Gasteiger partial charge >= 0.3 is 0 Å². The minimum Gasteiger partial charge on any atom is -0.355 e. The zero-order valence-corrected chi connectivity index (χ0v) is 12.4. The number of benzene rings is 1. The van der Waals surface area contributed by atoms with Crippen molar-refractivity contribution in [2.75, 3.05) is 7.05 Å². The van der Waals surface area contributed by atoms with Crippen LogP contribution >= 0.6 is 0 Å². The fraction of sp³-hybridized carbons (Fsp3) is 0.125. The van der Waals surface area contributed by atoms with E-state index >= 15 is 0 Å². The Balaban J connectivity index is 1.87. The summed E-state index contributed by atoms with van der Waals surface area (Å²) in [6.45, 7) is 0.125. The third-order valence-electron chi connectivity index (χ3n) is 3.27. The smallest absolute Gasteiger partial charge is 0.257 e. The Labute approximate surface area is 131 Å². The summed E-state index contributed by atoms with van der Waals surface area (Å²) >= 11 is 0. The first kappa shape index (κ1) is 14.7. The molecule has 1 amide bonds.